The summed E-state index contributed by atoms with van der Waals surface area (Å²) < 4.78 is 29.8. The first kappa shape index (κ1) is 18.6. The van der Waals surface area contributed by atoms with Crippen molar-refractivity contribution in [1.82, 2.24) is 4.83 Å². The Morgan fingerprint density at radius 1 is 1.08 bits per heavy atom. The fourth-order valence-electron chi connectivity index (χ4n) is 1.79. The largest absolute Gasteiger partial charge is 0.491 e. The van der Waals surface area contributed by atoms with E-state index in [1.807, 2.05) is 13.8 Å². The Kier molecular flexibility index (Phi) is 6.10. The molecule has 0 saturated heterocycles. The van der Waals surface area contributed by atoms with Crippen molar-refractivity contribution in [2.75, 3.05) is 0 Å². The smallest absolute Gasteiger partial charge is 0.276 e. The molecule has 2 aromatic carbocycles. The van der Waals surface area contributed by atoms with Gasteiger partial charge in [0.2, 0.25) is 0 Å². The van der Waals surface area contributed by atoms with Crippen LogP contribution in [0.25, 0.3) is 0 Å². The number of hydrogen-bond donors (Lipinski definition) is 1. The highest BCUT2D eigenvalue weighted by Gasteiger charge is 2.12. The maximum absolute atomic E-state index is 12.2. The van der Waals surface area contributed by atoms with Crippen LogP contribution in [0.5, 0.6) is 5.75 Å². The summed E-state index contributed by atoms with van der Waals surface area (Å²) in [6.07, 6.45) is 1.36. The van der Waals surface area contributed by atoms with E-state index in [4.69, 9.17) is 27.9 Å². The average Bonchev–Trinajstić information content (AvgIpc) is 2.50. The van der Waals surface area contributed by atoms with Crippen molar-refractivity contribution in [3.8, 4) is 5.75 Å². The second kappa shape index (κ2) is 7.88. The third-order valence-corrected chi connectivity index (χ3v) is 4.81. The monoisotopic (exact) mass is 386 g/mol. The molecule has 0 radical (unpaired) electrons. The molecule has 8 heteroatoms. The minimum atomic E-state index is -3.76. The van der Waals surface area contributed by atoms with Gasteiger partial charge in [0.05, 0.1) is 27.3 Å². The molecule has 0 heterocycles. The zero-order valence-electron chi connectivity index (χ0n) is 13.0. The number of rotatable bonds is 6. The van der Waals surface area contributed by atoms with Crippen LogP contribution in [-0.2, 0) is 10.0 Å². The third-order valence-electron chi connectivity index (χ3n) is 2.84. The summed E-state index contributed by atoms with van der Waals surface area (Å²) in [6, 6.07) is 11.0. The Labute approximate surface area is 151 Å². The second-order valence-corrected chi connectivity index (χ2v) is 7.64. The highest BCUT2D eigenvalue weighted by atomic mass is 35.5. The van der Waals surface area contributed by atoms with Gasteiger partial charge < -0.3 is 4.74 Å². The molecule has 0 bridgehead atoms. The molecule has 0 unspecified atom stereocenters. The topological polar surface area (TPSA) is 67.8 Å². The normalized spacial score (nSPS) is 11.9. The van der Waals surface area contributed by atoms with Crippen LogP contribution in [0.2, 0.25) is 10.0 Å². The molecule has 5 nitrogen and oxygen atoms in total. The van der Waals surface area contributed by atoms with E-state index in [1.165, 1.54) is 18.3 Å². The maximum Gasteiger partial charge on any atom is 0.276 e. The molecule has 0 amide bonds. The molecule has 0 aliphatic carbocycles. The van der Waals surface area contributed by atoms with Gasteiger partial charge in [0, 0.05) is 0 Å². The lowest BCUT2D eigenvalue weighted by molar-refractivity contribution is 0.242. The van der Waals surface area contributed by atoms with Crippen LogP contribution in [0.3, 0.4) is 0 Å². The van der Waals surface area contributed by atoms with Gasteiger partial charge in [0.25, 0.3) is 10.0 Å². The van der Waals surface area contributed by atoms with E-state index in [9.17, 15) is 8.42 Å². The summed E-state index contributed by atoms with van der Waals surface area (Å²) in [6.45, 7) is 3.79. The Balaban J connectivity index is 2.07. The van der Waals surface area contributed by atoms with Gasteiger partial charge >= 0.3 is 0 Å². The van der Waals surface area contributed by atoms with Crippen LogP contribution in [0, 0.1) is 0 Å². The zero-order valence-corrected chi connectivity index (χ0v) is 15.4. The Morgan fingerprint density at radius 3 is 2.33 bits per heavy atom. The molecule has 0 fully saturated rings. The van der Waals surface area contributed by atoms with E-state index in [0.717, 1.165) is 0 Å². The van der Waals surface area contributed by atoms with Crippen LogP contribution in [0.1, 0.15) is 19.4 Å². The van der Waals surface area contributed by atoms with E-state index < -0.39 is 10.0 Å². The third kappa shape index (κ3) is 5.12. The lowest BCUT2D eigenvalue weighted by Crippen LogP contribution is -2.18. The fraction of sp³-hybridized carbons (Fsp3) is 0.188. The first-order valence-corrected chi connectivity index (χ1v) is 9.28. The van der Waals surface area contributed by atoms with Crippen LogP contribution in [0.4, 0.5) is 0 Å². The number of halogens is 2. The predicted molar refractivity (Wildman–Crippen MR) is 96.6 cm³/mol. The molecular weight excluding hydrogens is 371 g/mol. The minimum absolute atomic E-state index is 0.0152. The zero-order chi connectivity index (χ0) is 17.7. The van der Waals surface area contributed by atoms with Crippen LogP contribution in [0.15, 0.2) is 52.5 Å². The van der Waals surface area contributed by atoms with Crippen LogP contribution < -0.4 is 9.57 Å². The van der Waals surface area contributed by atoms with Gasteiger partial charge in [-0.2, -0.15) is 13.5 Å². The molecule has 128 valence electrons. The Morgan fingerprint density at radius 2 is 1.75 bits per heavy atom. The van der Waals surface area contributed by atoms with E-state index >= 15 is 0 Å². The number of nitrogens with zero attached hydrogens (tertiary/aromatic N) is 1. The minimum Gasteiger partial charge on any atom is -0.491 e. The molecule has 24 heavy (non-hydrogen) atoms. The van der Waals surface area contributed by atoms with Crippen molar-refractivity contribution in [1.29, 1.82) is 0 Å². The van der Waals surface area contributed by atoms with Crippen LogP contribution >= 0.6 is 23.2 Å². The summed E-state index contributed by atoms with van der Waals surface area (Å²) in [5, 5.41) is 4.52. The summed E-state index contributed by atoms with van der Waals surface area (Å²) in [5.41, 5.74) is 0.618. The lowest BCUT2D eigenvalue weighted by atomic mass is 10.2. The van der Waals surface area contributed by atoms with Gasteiger partial charge in [-0.1, -0.05) is 29.3 Å². The molecular formula is C16H16Cl2N2O3S. The summed E-state index contributed by atoms with van der Waals surface area (Å²) in [5.74, 6) is 0.600. The molecule has 0 aliphatic heterocycles. The van der Waals surface area contributed by atoms with Gasteiger partial charge in [-0.15, -0.1) is 0 Å². The summed E-state index contributed by atoms with van der Waals surface area (Å²) in [4.78, 5) is 2.23. The fourth-order valence-corrected chi connectivity index (χ4v) is 2.88. The Hall–Kier alpha value is -1.76. The van der Waals surface area contributed by atoms with E-state index in [-0.39, 0.29) is 11.0 Å². The van der Waals surface area contributed by atoms with Crippen molar-refractivity contribution < 1.29 is 13.2 Å². The SMILES string of the molecule is CC(C)Oc1ccc(S(=O)(=O)N/N=C/c2ccc(Cl)c(Cl)c2)cc1. The number of ether oxygens (including phenoxy) is 1. The first-order chi connectivity index (χ1) is 11.3. The highest BCUT2D eigenvalue weighted by Crippen LogP contribution is 2.22. The number of nitrogens with one attached hydrogen (secondary N) is 1. The second-order valence-electron chi connectivity index (χ2n) is 5.16. The molecule has 0 atom stereocenters. The van der Waals surface area contributed by atoms with E-state index in [1.54, 1.807) is 30.3 Å². The first-order valence-electron chi connectivity index (χ1n) is 7.04. The molecule has 2 aromatic rings. The maximum atomic E-state index is 12.2. The lowest BCUT2D eigenvalue weighted by Gasteiger charge is -2.10. The van der Waals surface area contributed by atoms with Gasteiger partial charge in [-0.3, -0.25) is 0 Å². The molecule has 0 aliphatic rings. The van der Waals surface area contributed by atoms with Crippen molar-refractivity contribution in [2.45, 2.75) is 24.8 Å². The quantitative estimate of drug-likeness (QED) is 0.600. The number of hydrogen-bond acceptors (Lipinski definition) is 4. The molecule has 0 spiro atoms. The van der Waals surface area contributed by atoms with Gasteiger partial charge in [0.15, 0.2) is 0 Å². The molecule has 0 aromatic heterocycles. The number of benzene rings is 2. The van der Waals surface area contributed by atoms with E-state index in [2.05, 4.69) is 9.93 Å². The van der Waals surface area contributed by atoms with Crippen LogP contribution in [-0.4, -0.2) is 20.7 Å². The van der Waals surface area contributed by atoms with Gasteiger partial charge in [-0.05, 0) is 55.8 Å². The van der Waals surface area contributed by atoms with Gasteiger partial charge in [-0.25, -0.2) is 4.83 Å². The number of sulfonamides is 1. The van der Waals surface area contributed by atoms with Crippen molar-refractivity contribution in [2.24, 2.45) is 5.10 Å². The molecule has 1 N–H and O–H groups in total. The van der Waals surface area contributed by atoms with Crippen molar-refractivity contribution >= 4 is 39.4 Å². The van der Waals surface area contributed by atoms with Gasteiger partial charge in [0.1, 0.15) is 5.75 Å². The Bertz CT molecular complexity index is 835. The average molecular weight is 387 g/mol. The van der Waals surface area contributed by atoms with Crippen molar-refractivity contribution in [3.63, 3.8) is 0 Å². The standard InChI is InChI=1S/C16H16Cl2N2O3S/c1-11(2)23-13-4-6-14(7-5-13)24(21,22)20-19-10-12-3-8-15(17)16(18)9-12/h3-11,20H,1-2H3/b19-10+. The summed E-state index contributed by atoms with van der Waals surface area (Å²) in [7, 11) is -3.76. The number of hydrazone groups is 1. The summed E-state index contributed by atoms with van der Waals surface area (Å²) >= 11 is 11.7. The molecule has 0 saturated carbocycles. The molecule has 2 rings (SSSR count). The van der Waals surface area contributed by atoms with Crippen molar-refractivity contribution in [3.05, 3.63) is 58.1 Å². The highest BCUT2D eigenvalue weighted by molar-refractivity contribution is 7.89. The predicted octanol–water partition coefficient (Wildman–Crippen LogP) is 4.09. The van der Waals surface area contributed by atoms with E-state index in [0.29, 0.717) is 21.4 Å².